The van der Waals surface area contributed by atoms with Gasteiger partial charge in [0.15, 0.2) is 0 Å². The molecular weight excluding hydrogens is 210 g/mol. The molecule has 2 aliphatic rings. The summed E-state index contributed by atoms with van der Waals surface area (Å²) in [6.07, 6.45) is -0.942. The molecule has 0 spiro atoms. The molecule has 1 aliphatic carbocycles. The van der Waals surface area contributed by atoms with E-state index in [4.69, 9.17) is 0 Å². The number of aliphatic hydroxyl groups is 4. The number of nitrogens with zero attached hydrogens (tertiary/aromatic N) is 1. The second-order valence-electron chi connectivity index (χ2n) is 4.89. The van der Waals surface area contributed by atoms with Crippen LogP contribution in [-0.4, -0.2) is 68.9 Å². The second-order valence-corrected chi connectivity index (χ2v) is 4.89. The zero-order valence-corrected chi connectivity index (χ0v) is 9.53. The Morgan fingerprint density at radius 3 is 2.25 bits per heavy atom. The molecule has 0 aromatic rings. The third kappa shape index (κ3) is 1.76. The Morgan fingerprint density at radius 2 is 1.69 bits per heavy atom. The summed E-state index contributed by atoms with van der Waals surface area (Å²) < 4.78 is 0. The number of aliphatic hydroxyl groups excluding tert-OH is 4. The summed E-state index contributed by atoms with van der Waals surface area (Å²) in [7, 11) is 0. The Balaban J connectivity index is 2.03. The van der Waals surface area contributed by atoms with Crippen LogP contribution in [0.1, 0.15) is 19.8 Å². The summed E-state index contributed by atoms with van der Waals surface area (Å²) >= 11 is 0. The van der Waals surface area contributed by atoms with Crippen LogP contribution in [0.5, 0.6) is 0 Å². The van der Waals surface area contributed by atoms with E-state index in [-0.39, 0.29) is 24.6 Å². The molecule has 5 nitrogen and oxygen atoms in total. The van der Waals surface area contributed by atoms with Crippen molar-refractivity contribution in [1.82, 2.24) is 4.90 Å². The van der Waals surface area contributed by atoms with Gasteiger partial charge in [0.1, 0.15) is 6.10 Å². The summed E-state index contributed by atoms with van der Waals surface area (Å²) in [6, 6.07) is -0.0490. The zero-order valence-electron chi connectivity index (χ0n) is 9.53. The average Bonchev–Trinajstić information content (AvgIpc) is 2.98. The van der Waals surface area contributed by atoms with E-state index >= 15 is 0 Å². The molecule has 1 heterocycles. The minimum Gasteiger partial charge on any atom is -0.396 e. The van der Waals surface area contributed by atoms with E-state index < -0.39 is 18.3 Å². The van der Waals surface area contributed by atoms with E-state index in [9.17, 15) is 20.4 Å². The maximum absolute atomic E-state index is 9.81. The van der Waals surface area contributed by atoms with Gasteiger partial charge in [-0.05, 0) is 13.0 Å². The first-order valence-corrected chi connectivity index (χ1v) is 6.04. The SMILES string of the molecule is CCCCN1[C@@H]2[C@H](CO)[C@@H](O)[C@H](O)[C@@H](O)[C@@H]21. The number of likely N-dealkylation sites (tertiary alicyclic amines) is 1. The van der Waals surface area contributed by atoms with Crippen molar-refractivity contribution in [3.05, 3.63) is 0 Å². The topological polar surface area (TPSA) is 83.9 Å². The van der Waals surface area contributed by atoms with E-state index in [2.05, 4.69) is 11.8 Å². The fourth-order valence-electron chi connectivity index (χ4n) is 2.93. The average molecular weight is 231 g/mol. The van der Waals surface area contributed by atoms with Crippen molar-refractivity contribution < 1.29 is 20.4 Å². The van der Waals surface area contributed by atoms with Gasteiger partial charge >= 0.3 is 0 Å². The molecule has 1 aliphatic heterocycles. The van der Waals surface area contributed by atoms with E-state index in [1.54, 1.807) is 0 Å². The van der Waals surface area contributed by atoms with Crippen molar-refractivity contribution in [1.29, 1.82) is 0 Å². The molecule has 94 valence electrons. The second kappa shape index (κ2) is 4.58. The van der Waals surface area contributed by atoms with Crippen LogP contribution >= 0.6 is 0 Å². The highest BCUT2D eigenvalue weighted by molar-refractivity contribution is 5.17. The van der Waals surface area contributed by atoms with Crippen molar-refractivity contribution in [2.24, 2.45) is 5.92 Å². The minimum absolute atomic E-state index is 0.0324. The first kappa shape index (κ1) is 12.3. The summed E-state index contributed by atoms with van der Waals surface area (Å²) in [5.74, 6) is -0.333. The number of fused-ring (bicyclic) bond motifs is 1. The molecule has 2 rings (SSSR count). The molecule has 0 aromatic heterocycles. The van der Waals surface area contributed by atoms with Crippen molar-refractivity contribution in [3.63, 3.8) is 0 Å². The molecule has 1 saturated carbocycles. The largest absolute Gasteiger partial charge is 0.396 e. The van der Waals surface area contributed by atoms with Crippen LogP contribution in [0, 0.1) is 5.92 Å². The molecule has 1 saturated heterocycles. The predicted molar refractivity (Wildman–Crippen MR) is 57.8 cm³/mol. The first-order valence-electron chi connectivity index (χ1n) is 6.04. The molecular formula is C11H21NO4. The maximum Gasteiger partial charge on any atom is 0.108 e. The van der Waals surface area contributed by atoms with Gasteiger partial charge in [-0.25, -0.2) is 0 Å². The van der Waals surface area contributed by atoms with Crippen LogP contribution in [0.15, 0.2) is 0 Å². The third-order valence-electron chi connectivity index (χ3n) is 3.93. The third-order valence-corrected chi connectivity index (χ3v) is 3.93. The normalized spacial score (nSPS) is 51.2. The monoisotopic (exact) mass is 231 g/mol. The van der Waals surface area contributed by atoms with E-state index in [1.807, 2.05) is 0 Å². The van der Waals surface area contributed by atoms with Crippen LogP contribution in [0.25, 0.3) is 0 Å². The Kier molecular flexibility index (Phi) is 3.51. The van der Waals surface area contributed by atoms with Crippen LogP contribution in [-0.2, 0) is 0 Å². The lowest BCUT2D eigenvalue weighted by molar-refractivity contribution is -0.105. The van der Waals surface area contributed by atoms with Gasteiger partial charge in [-0.15, -0.1) is 0 Å². The highest BCUT2D eigenvalue weighted by Gasteiger charge is 2.63. The van der Waals surface area contributed by atoms with E-state index in [0.717, 1.165) is 19.4 Å². The standard InChI is InChI=1S/C11H21NO4/c1-2-3-4-12-7-6(5-13)9(14)11(16)10(15)8(7)12/h6-11,13-16H,2-5H2,1H3/t6-,7+,8+,9+,10-,11-,12?/m0/s1. The highest BCUT2D eigenvalue weighted by Crippen LogP contribution is 2.44. The molecule has 1 unspecified atom stereocenters. The molecule has 16 heavy (non-hydrogen) atoms. The van der Waals surface area contributed by atoms with Crippen LogP contribution in [0.4, 0.5) is 0 Å². The number of hydrogen-bond donors (Lipinski definition) is 4. The van der Waals surface area contributed by atoms with E-state index in [1.165, 1.54) is 0 Å². The smallest absolute Gasteiger partial charge is 0.108 e. The van der Waals surface area contributed by atoms with Gasteiger partial charge in [0.25, 0.3) is 0 Å². The fraction of sp³-hybridized carbons (Fsp3) is 1.00. The quantitative estimate of drug-likeness (QED) is 0.445. The minimum atomic E-state index is -1.13. The van der Waals surface area contributed by atoms with Crippen molar-refractivity contribution in [2.75, 3.05) is 13.2 Å². The lowest BCUT2D eigenvalue weighted by Crippen LogP contribution is -2.52. The first-order chi connectivity index (χ1) is 7.63. The fourth-order valence-corrected chi connectivity index (χ4v) is 2.93. The predicted octanol–water partition coefficient (Wildman–Crippen LogP) is -1.46. The molecule has 0 bridgehead atoms. The lowest BCUT2D eigenvalue weighted by Gasteiger charge is -2.32. The molecule has 5 heteroatoms. The van der Waals surface area contributed by atoms with Gasteiger partial charge < -0.3 is 20.4 Å². The highest BCUT2D eigenvalue weighted by atomic mass is 16.4. The number of hydrogen-bond acceptors (Lipinski definition) is 5. The van der Waals surface area contributed by atoms with Crippen molar-refractivity contribution in [3.8, 4) is 0 Å². The maximum atomic E-state index is 9.81. The van der Waals surface area contributed by atoms with Crippen molar-refractivity contribution in [2.45, 2.75) is 50.2 Å². The molecule has 4 N–H and O–H groups in total. The lowest BCUT2D eigenvalue weighted by atomic mass is 9.83. The van der Waals surface area contributed by atoms with Crippen LogP contribution < -0.4 is 0 Å². The van der Waals surface area contributed by atoms with Crippen LogP contribution in [0.2, 0.25) is 0 Å². The molecule has 2 fully saturated rings. The summed E-state index contributed by atoms with van der Waals surface area (Å²) in [4.78, 5) is 2.08. The molecule has 0 aromatic carbocycles. The zero-order chi connectivity index (χ0) is 11.9. The van der Waals surface area contributed by atoms with Gasteiger partial charge in [0, 0.05) is 12.0 Å². The molecule has 0 amide bonds. The summed E-state index contributed by atoms with van der Waals surface area (Å²) in [5, 5.41) is 38.4. The summed E-state index contributed by atoms with van der Waals surface area (Å²) in [6.45, 7) is 2.81. The van der Waals surface area contributed by atoms with Gasteiger partial charge in [-0.3, -0.25) is 4.90 Å². The Labute approximate surface area is 95.3 Å². The van der Waals surface area contributed by atoms with Crippen molar-refractivity contribution >= 4 is 0 Å². The van der Waals surface area contributed by atoms with Gasteiger partial charge in [-0.2, -0.15) is 0 Å². The van der Waals surface area contributed by atoms with Gasteiger partial charge in [-0.1, -0.05) is 13.3 Å². The van der Waals surface area contributed by atoms with Crippen LogP contribution in [0.3, 0.4) is 0 Å². The Morgan fingerprint density at radius 1 is 1.00 bits per heavy atom. The Bertz CT molecular complexity index is 250. The molecule has 0 radical (unpaired) electrons. The van der Waals surface area contributed by atoms with Gasteiger partial charge in [0.05, 0.1) is 24.9 Å². The molecule has 7 atom stereocenters. The van der Waals surface area contributed by atoms with E-state index in [0.29, 0.717) is 0 Å². The number of rotatable bonds is 4. The summed E-state index contributed by atoms with van der Waals surface area (Å²) in [5.41, 5.74) is 0. The Hall–Kier alpha value is -0.200. The van der Waals surface area contributed by atoms with Gasteiger partial charge in [0.2, 0.25) is 0 Å². The number of unbranched alkanes of at least 4 members (excludes halogenated alkanes) is 1.